The van der Waals surface area contributed by atoms with Gasteiger partial charge in [-0.15, -0.1) is 0 Å². The SMILES string of the molecule is CC(=O)Nc1nc(C)c(-c2cc3c(c(NS(=O)O)c2)C(=O)N([C@@H](C)C2CC2)C3)s1. The van der Waals surface area contributed by atoms with Crippen molar-refractivity contribution in [2.75, 3.05) is 10.0 Å². The van der Waals surface area contributed by atoms with E-state index in [9.17, 15) is 18.4 Å². The van der Waals surface area contributed by atoms with Gasteiger partial charge in [0.15, 0.2) is 5.13 Å². The van der Waals surface area contributed by atoms with Crippen LogP contribution in [0.2, 0.25) is 0 Å². The Balaban J connectivity index is 1.76. The minimum Gasteiger partial charge on any atom is -0.331 e. The fourth-order valence-corrected chi connectivity index (χ4v) is 5.16. The lowest BCUT2D eigenvalue weighted by Crippen LogP contribution is -2.34. The first-order valence-corrected chi connectivity index (χ1v) is 11.3. The lowest BCUT2D eigenvalue weighted by Gasteiger charge is -2.24. The van der Waals surface area contributed by atoms with Crippen molar-refractivity contribution >= 4 is 45.2 Å². The number of nitrogens with zero attached hydrogens (tertiary/aromatic N) is 2. The van der Waals surface area contributed by atoms with Gasteiger partial charge in [-0.25, -0.2) is 9.19 Å². The Morgan fingerprint density at radius 3 is 2.76 bits per heavy atom. The molecule has 1 aromatic carbocycles. The molecule has 1 aromatic heterocycles. The molecule has 29 heavy (non-hydrogen) atoms. The molecule has 4 rings (SSSR count). The summed E-state index contributed by atoms with van der Waals surface area (Å²) in [5, 5.41) is 3.18. The van der Waals surface area contributed by atoms with Crippen LogP contribution in [0.5, 0.6) is 0 Å². The van der Waals surface area contributed by atoms with Gasteiger partial charge in [0, 0.05) is 19.5 Å². The van der Waals surface area contributed by atoms with E-state index >= 15 is 0 Å². The predicted octanol–water partition coefficient (Wildman–Crippen LogP) is 3.38. The van der Waals surface area contributed by atoms with Crippen molar-refractivity contribution in [3.05, 3.63) is 29.0 Å². The van der Waals surface area contributed by atoms with Gasteiger partial charge in [0.2, 0.25) is 5.91 Å². The van der Waals surface area contributed by atoms with Crippen molar-refractivity contribution in [2.24, 2.45) is 5.92 Å². The minimum atomic E-state index is -2.30. The standard InChI is InChI=1S/C19H22N4O4S2/c1-9-17(28-19(20-9)21-11(3)24)13-6-14-8-23(10(2)12-4-5-12)18(25)16(14)15(7-13)22-29(26)27/h6-7,10,12,22H,4-5,8H2,1-3H3,(H,26,27)(H,20,21,24)/t10-/m0/s1. The van der Waals surface area contributed by atoms with E-state index < -0.39 is 11.3 Å². The second-order valence-corrected chi connectivity index (χ2v) is 9.24. The molecule has 0 bridgehead atoms. The number of aryl methyl sites for hydroxylation is 1. The predicted molar refractivity (Wildman–Crippen MR) is 113 cm³/mol. The number of anilines is 2. The number of nitrogens with one attached hydrogen (secondary N) is 2. The fraction of sp³-hybridized carbons (Fsp3) is 0.421. The number of rotatable bonds is 6. The molecular weight excluding hydrogens is 412 g/mol. The van der Waals surface area contributed by atoms with E-state index in [0.717, 1.165) is 34.5 Å². The molecule has 1 saturated carbocycles. The molecule has 0 radical (unpaired) electrons. The Kier molecular flexibility index (Phi) is 5.18. The van der Waals surface area contributed by atoms with Gasteiger partial charge in [-0.1, -0.05) is 11.3 Å². The second-order valence-electron chi connectivity index (χ2n) is 7.53. The van der Waals surface area contributed by atoms with Crippen molar-refractivity contribution in [1.82, 2.24) is 9.88 Å². The van der Waals surface area contributed by atoms with Crippen molar-refractivity contribution in [3.8, 4) is 10.4 Å². The van der Waals surface area contributed by atoms with Gasteiger partial charge in [-0.2, -0.15) is 0 Å². The third-order valence-electron chi connectivity index (χ3n) is 5.37. The molecule has 1 unspecified atom stereocenters. The number of thiazole rings is 1. The lowest BCUT2D eigenvalue weighted by molar-refractivity contribution is -0.114. The first-order valence-electron chi connectivity index (χ1n) is 9.35. The van der Waals surface area contributed by atoms with Crippen molar-refractivity contribution < 1.29 is 18.4 Å². The van der Waals surface area contributed by atoms with E-state index in [1.807, 2.05) is 17.9 Å². The molecule has 0 spiro atoms. The molecule has 2 heterocycles. The highest BCUT2D eigenvalue weighted by Gasteiger charge is 2.40. The molecule has 2 atom stereocenters. The monoisotopic (exact) mass is 434 g/mol. The van der Waals surface area contributed by atoms with Crippen LogP contribution in [0.1, 0.15) is 48.3 Å². The molecule has 2 aliphatic rings. The van der Waals surface area contributed by atoms with Crippen LogP contribution in [-0.2, 0) is 22.6 Å². The molecule has 1 fully saturated rings. The first kappa shape index (κ1) is 20.0. The third kappa shape index (κ3) is 3.92. The summed E-state index contributed by atoms with van der Waals surface area (Å²) in [6.45, 7) is 5.80. The Morgan fingerprint density at radius 2 is 2.14 bits per heavy atom. The maximum absolute atomic E-state index is 13.1. The average Bonchev–Trinajstić information content (AvgIpc) is 3.33. The maximum atomic E-state index is 13.1. The van der Waals surface area contributed by atoms with Gasteiger partial charge in [0.25, 0.3) is 17.2 Å². The summed E-state index contributed by atoms with van der Waals surface area (Å²) in [6, 6.07) is 3.78. The van der Waals surface area contributed by atoms with E-state index in [0.29, 0.717) is 28.8 Å². The van der Waals surface area contributed by atoms with Gasteiger partial charge in [-0.3, -0.25) is 18.9 Å². The summed E-state index contributed by atoms with van der Waals surface area (Å²) in [5.41, 5.74) is 3.14. The Labute approximate surface area is 175 Å². The van der Waals surface area contributed by atoms with E-state index in [4.69, 9.17) is 0 Å². The fourth-order valence-electron chi connectivity index (χ4n) is 3.81. The highest BCUT2D eigenvalue weighted by Crippen LogP contribution is 2.42. The van der Waals surface area contributed by atoms with Crippen LogP contribution in [0, 0.1) is 12.8 Å². The van der Waals surface area contributed by atoms with Crippen LogP contribution in [0.3, 0.4) is 0 Å². The van der Waals surface area contributed by atoms with Gasteiger partial charge >= 0.3 is 0 Å². The smallest absolute Gasteiger partial charge is 0.259 e. The zero-order valence-corrected chi connectivity index (χ0v) is 17.9. The number of fused-ring (bicyclic) bond motifs is 1. The van der Waals surface area contributed by atoms with Crippen molar-refractivity contribution in [3.63, 3.8) is 0 Å². The van der Waals surface area contributed by atoms with Crippen LogP contribution < -0.4 is 10.0 Å². The Bertz CT molecular complexity index is 1030. The number of hydrogen-bond donors (Lipinski definition) is 3. The quantitative estimate of drug-likeness (QED) is 0.604. The summed E-state index contributed by atoms with van der Waals surface area (Å²) >= 11 is -0.976. The number of benzene rings is 1. The molecule has 0 saturated heterocycles. The largest absolute Gasteiger partial charge is 0.331 e. The van der Waals surface area contributed by atoms with Crippen LogP contribution in [0.25, 0.3) is 10.4 Å². The zero-order chi connectivity index (χ0) is 20.9. The van der Waals surface area contributed by atoms with Crippen molar-refractivity contribution in [2.45, 2.75) is 46.2 Å². The van der Waals surface area contributed by atoms with Crippen LogP contribution in [0.15, 0.2) is 12.1 Å². The Hall–Kier alpha value is -2.30. The number of aromatic nitrogens is 1. The van der Waals surface area contributed by atoms with Crippen LogP contribution in [-0.4, -0.2) is 36.5 Å². The van der Waals surface area contributed by atoms with Gasteiger partial charge in [0.05, 0.1) is 21.8 Å². The van der Waals surface area contributed by atoms with Gasteiger partial charge in [0.1, 0.15) is 0 Å². The molecular formula is C19H22N4O4S2. The third-order valence-corrected chi connectivity index (χ3v) is 6.89. The molecule has 2 amide bonds. The molecule has 10 heteroatoms. The van der Waals surface area contributed by atoms with Crippen LogP contribution >= 0.6 is 11.3 Å². The second kappa shape index (κ2) is 7.51. The number of carbonyl (C=O) groups is 2. The summed E-state index contributed by atoms with van der Waals surface area (Å²) in [6.07, 6.45) is 2.26. The molecule has 154 valence electrons. The topological polar surface area (TPSA) is 112 Å². The molecule has 3 N–H and O–H groups in total. The molecule has 1 aliphatic heterocycles. The highest BCUT2D eigenvalue weighted by molar-refractivity contribution is 7.80. The Morgan fingerprint density at radius 1 is 1.41 bits per heavy atom. The van der Waals surface area contributed by atoms with E-state index in [-0.39, 0.29) is 17.9 Å². The first-order chi connectivity index (χ1) is 13.7. The molecule has 2 aromatic rings. The highest BCUT2D eigenvalue weighted by atomic mass is 32.2. The summed E-state index contributed by atoms with van der Waals surface area (Å²) < 4.78 is 23.4. The summed E-state index contributed by atoms with van der Waals surface area (Å²) in [7, 11) is 0. The molecule has 1 aliphatic carbocycles. The van der Waals surface area contributed by atoms with E-state index in [1.165, 1.54) is 18.3 Å². The van der Waals surface area contributed by atoms with Gasteiger partial charge < -0.3 is 10.2 Å². The number of carbonyl (C=O) groups excluding carboxylic acids is 2. The van der Waals surface area contributed by atoms with Crippen molar-refractivity contribution in [1.29, 1.82) is 0 Å². The van der Waals surface area contributed by atoms with Gasteiger partial charge in [-0.05, 0) is 55.9 Å². The average molecular weight is 435 g/mol. The number of hydrogen-bond acceptors (Lipinski definition) is 5. The summed E-state index contributed by atoms with van der Waals surface area (Å²) in [5.74, 6) is 0.214. The zero-order valence-electron chi connectivity index (χ0n) is 16.3. The van der Waals surface area contributed by atoms with E-state index in [1.54, 1.807) is 6.07 Å². The normalized spacial score (nSPS) is 17.8. The maximum Gasteiger partial charge on any atom is 0.259 e. The minimum absolute atomic E-state index is 0.112. The van der Waals surface area contributed by atoms with E-state index in [2.05, 4.69) is 21.9 Å². The van der Waals surface area contributed by atoms with Crippen LogP contribution in [0.4, 0.5) is 10.8 Å². The number of amides is 2. The lowest BCUT2D eigenvalue weighted by atomic mass is 10.0. The summed E-state index contributed by atoms with van der Waals surface area (Å²) in [4.78, 5) is 31.5. The molecule has 8 nitrogen and oxygen atoms in total.